The molecule has 2 aromatic carbocycles. The standard InChI is InChI=1S/C16H12N4/c17-13-5-6-15(12-4-2-1-3-11(12)13)20-10-19-14-9-18-8-7-16(14)20/h1-10H,17H2. The lowest BCUT2D eigenvalue weighted by molar-refractivity contribution is 1.10. The van der Waals surface area contributed by atoms with Gasteiger partial charge in [0.05, 0.1) is 17.4 Å². The minimum Gasteiger partial charge on any atom is -0.398 e. The van der Waals surface area contributed by atoms with Crippen molar-refractivity contribution in [2.75, 3.05) is 5.73 Å². The van der Waals surface area contributed by atoms with Crippen molar-refractivity contribution in [1.29, 1.82) is 0 Å². The highest BCUT2D eigenvalue weighted by atomic mass is 15.1. The molecule has 4 aromatic rings. The maximum Gasteiger partial charge on any atom is 0.107 e. The average Bonchev–Trinajstić information content (AvgIpc) is 2.92. The van der Waals surface area contributed by atoms with Crippen LogP contribution in [0.1, 0.15) is 0 Å². The number of nitrogen functional groups attached to an aromatic ring is 1. The van der Waals surface area contributed by atoms with Crippen molar-refractivity contribution in [3.63, 3.8) is 0 Å². The lowest BCUT2D eigenvalue weighted by Crippen LogP contribution is -1.96. The zero-order valence-electron chi connectivity index (χ0n) is 10.7. The second kappa shape index (κ2) is 4.06. The number of hydrogen-bond donors (Lipinski definition) is 1. The molecule has 0 radical (unpaired) electrons. The second-order valence-electron chi connectivity index (χ2n) is 4.70. The smallest absolute Gasteiger partial charge is 0.107 e. The zero-order chi connectivity index (χ0) is 13.5. The van der Waals surface area contributed by atoms with Crippen LogP contribution in [0.15, 0.2) is 61.2 Å². The van der Waals surface area contributed by atoms with Gasteiger partial charge >= 0.3 is 0 Å². The molecule has 4 rings (SSSR count). The molecule has 0 amide bonds. The lowest BCUT2D eigenvalue weighted by Gasteiger charge is -2.10. The van der Waals surface area contributed by atoms with Gasteiger partial charge in [0, 0.05) is 22.7 Å². The molecule has 96 valence electrons. The third-order valence-corrected chi connectivity index (χ3v) is 3.54. The first-order valence-electron chi connectivity index (χ1n) is 6.39. The Bertz CT molecular complexity index is 924. The largest absolute Gasteiger partial charge is 0.398 e. The highest BCUT2D eigenvalue weighted by Gasteiger charge is 2.08. The van der Waals surface area contributed by atoms with Crippen molar-refractivity contribution in [1.82, 2.24) is 14.5 Å². The minimum absolute atomic E-state index is 0.787. The first kappa shape index (κ1) is 11.0. The highest BCUT2D eigenvalue weighted by molar-refractivity contribution is 5.99. The molecule has 2 N–H and O–H groups in total. The summed E-state index contributed by atoms with van der Waals surface area (Å²) in [6.07, 6.45) is 5.37. The van der Waals surface area contributed by atoms with Gasteiger partial charge in [-0.05, 0) is 18.2 Å². The summed E-state index contributed by atoms with van der Waals surface area (Å²) in [5.41, 5.74) is 9.84. The number of benzene rings is 2. The molecule has 0 bridgehead atoms. The molecule has 4 heteroatoms. The van der Waals surface area contributed by atoms with Crippen LogP contribution in [0.5, 0.6) is 0 Å². The number of fused-ring (bicyclic) bond motifs is 2. The van der Waals surface area contributed by atoms with Crippen LogP contribution in [0, 0.1) is 0 Å². The Morgan fingerprint density at radius 2 is 1.80 bits per heavy atom. The zero-order valence-corrected chi connectivity index (χ0v) is 10.7. The first-order valence-corrected chi connectivity index (χ1v) is 6.39. The predicted molar refractivity (Wildman–Crippen MR) is 80.8 cm³/mol. The summed E-state index contributed by atoms with van der Waals surface area (Å²) in [7, 11) is 0. The van der Waals surface area contributed by atoms with Crippen molar-refractivity contribution in [3.05, 3.63) is 61.2 Å². The van der Waals surface area contributed by atoms with Gasteiger partial charge in [0.15, 0.2) is 0 Å². The van der Waals surface area contributed by atoms with E-state index in [4.69, 9.17) is 5.73 Å². The van der Waals surface area contributed by atoms with Crippen molar-refractivity contribution >= 4 is 27.5 Å². The van der Waals surface area contributed by atoms with Crippen LogP contribution in [-0.4, -0.2) is 14.5 Å². The summed E-state index contributed by atoms with van der Waals surface area (Å²) in [6, 6.07) is 14.1. The number of imidazole rings is 1. The summed E-state index contributed by atoms with van der Waals surface area (Å²) >= 11 is 0. The Kier molecular flexibility index (Phi) is 2.23. The van der Waals surface area contributed by atoms with E-state index >= 15 is 0 Å². The molecule has 4 nitrogen and oxygen atoms in total. The van der Waals surface area contributed by atoms with Gasteiger partial charge in [-0.15, -0.1) is 0 Å². The van der Waals surface area contributed by atoms with Crippen LogP contribution in [0.25, 0.3) is 27.5 Å². The Balaban J connectivity index is 2.10. The van der Waals surface area contributed by atoms with Crippen molar-refractivity contribution < 1.29 is 0 Å². The first-order chi connectivity index (χ1) is 9.84. The molecule has 0 spiro atoms. The maximum absolute atomic E-state index is 6.06. The summed E-state index contributed by atoms with van der Waals surface area (Å²) in [6.45, 7) is 0. The minimum atomic E-state index is 0.787. The van der Waals surface area contributed by atoms with Gasteiger partial charge in [-0.3, -0.25) is 9.55 Å². The topological polar surface area (TPSA) is 56.7 Å². The van der Waals surface area contributed by atoms with Crippen molar-refractivity contribution in [2.45, 2.75) is 0 Å². The molecule has 20 heavy (non-hydrogen) atoms. The average molecular weight is 260 g/mol. The number of anilines is 1. The van der Waals surface area contributed by atoms with Crippen molar-refractivity contribution in [2.24, 2.45) is 0 Å². The number of aromatic nitrogens is 3. The summed E-state index contributed by atoms with van der Waals surface area (Å²) in [4.78, 5) is 8.49. The molecule has 0 unspecified atom stereocenters. The Labute approximate surface area is 115 Å². The van der Waals surface area contributed by atoms with E-state index in [-0.39, 0.29) is 0 Å². The lowest BCUT2D eigenvalue weighted by atomic mass is 10.1. The fraction of sp³-hybridized carbons (Fsp3) is 0. The molecule has 2 aromatic heterocycles. The van der Waals surface area contributed by atoms with E-state index in [1.807, 2.05) is 42.7 Å². The number of rotatable bonds is 1. The Morgan fingerprint density at radius 3 is 2.70 bits per heavy atom. The molecular formula is C16H12N4. The Hall–Kier alpha value is -2.88. The monoisotopic (exact) mass is 260 g/mol. The molecule has 0 saturated heterocycles. The third kappa shape index (κ3) is 1.48. The number of nitrogens with zero attached hydrogens (tertiary/aromatic N) is 3. The van der Waals surface area contributed by atoms with Gasteiger partial charge in [-0.2, -0.15) is 0 Å². The van der Waals surface area contributed by atoms with Gasteiger partial charge in [0.25, 0.3) is 0 Å². The van der Waals surface area contributed by atoms with E-state index in [9.17, 15) is 0 Å². The summed E-state index contributed by atoms with van der Waals surface area (Å²) < 4.78 is 2.07. The van der Waals surface area contributed by atoms with E-state index in [1.165, 1.54) is 0 Å². The van der Waals surface area contributed by atoms with E-state index in [0.717, 1.165) is 33.2 Å². The number of pyridine rings is 1. The van der Waals surface area contributed by atoms with Crippen LogP contribution >= 0.6 is 0 Å². The van der Waals surface area contributed by atoms with Crippen LogP contribution in [0.4, 0.5) is 5.69 Å². The molecule has 2 heterocycles. The summed E-state index contributed by atoms with van der Waals surface area (Å²) in [5, 5.41) is 2.17. The van der Waals surface area contributed by atoms with Crippen molar-refractivity contribution in [3.8, 4) is 5.69 Å². The SMILES string of the molecule is Nc1ccc(-n2cnc3cnccc32)c2ccccc12. The maximum atomic E-state index is 6.06. The highest BCUT2D eigenvalue weighted by Crippen LogP contribution is 2.28. The fourth-order valence-electron chi connectivity index (χ4n) is 2.57. The normalized spacial score (nSPS) is 11.2. The molecule has 0 atom stereocenters. The Morgan fingerprint density at radius 1 is 0.950 bits per heavy atom. The van der Waals surface area contributed by atoms with Gasteiger partial charge in [0.1, 0.15) is 11.8 Å². The fourth-order valence-corrected chi connectivity index (χ4v) is 2.57. The van der Waals surface area contributed by atoms with Crippen LogP contribution in [0.2, 0.25) is 0 Å². The van der Waals surface area contributed by atoms with E-state index in [2.05, 4.69) is 20.6 Å². The molecular weight excluding hydrogens is 248 g/mol. The molecule has 0 fully saturated rings. The van der Waals surface area contributed by atoms with Crippen LogP contribution in [-0.2, 0) is 0 Å². The predicted octanol–water partition coefficient (Wildman–Crippen LogP) is 3.16. The molecule has 0 aliphatic heterocycles. The second-order valence-corrected chi connectivity index (χ2v) is 4.70. The van der Waals surface area contributed by atoms with Gasteiger partial charge < -0.3 is 5.73 Å². The summed E-state index contributed by atoms with van der Waals surface area (Å²) in [5.74, 6) is 0. The number of nitrogens with two attached hydrogens (primary N) is 1. The van der Waals surface area contributed by atoms with Gasteiger partial charge in [0.2, 0.25) is 0 Å². The van der Waals surface area contributed by atoms with E-state index in [1.54, 1.807) is 12.4 Å². The quantitative estimate of drug-likeness (QED) is 0.535. The number of hydrogen-bond acceptors (Lipinski definition) is 3. The molecule has 0 saturated carbocycles. The third-order valence-electron chi connectivity index (χ3n) is 3.54. The van der Waals surface area contributed by atoms with Gasteiger partial charge in [-0.1, -0.05) is 24.3 Å². The van der Waals surface area contributed by atoms with Crippen LogP contribution < -0.4 is 5.73 Å². The van der Waals surface area contributed by atoms with E-state index in [0.29, 0.717) is 0 Å². The van der Waals surface area contributed by atoms with Crippen LogP contribution in [0.3, 0.4) is 0 Å². The van der Waals surface area contributed by atoms with Gasteiger partial charge in [-0.25, -0.2) is 4.98 Å². The van der Waals surface area contributed by atoms with E-state index < -0.39 is 0 Å². The molecule has 0 aliphatic carbocycles. The molecule has 0 aliphatic rings.